The number of thiophene rings is 1. The number of hydrogen-bond donors (Lipinski definition) is 2. The van der Waals surface area contributed by atoms with E-state index in [1.807, 2.05) is 29.6 Å². The predicted molar refractivity (Wildman–Crippen MR) is 109 cm³/mol. The fourth-order valence-corrected chi connectivity index (χ4v) is 4.44. The number of amides is 2. The molecular formula is C20H14ClFN4OS. The van der Waals surface area contributed by atoms with Gasteiger partial charge in [0.15, 0.2) is 0 Å². The number of fused-ring (bicyclic) bond motifs is 1. The molecule has 2 N–H and O–H groups in total. The molecule has 28 heavy (non-hydrogen) atoms. The van der Waals surface area contributed by atoms with Crippen LogP contribution < -0.4 is 10.2 Å². The molecular weight excluding hydrogens is 399 g/mol. The van der Waals surface area contributed by atoms with Gasteiger partial charge in [0, 0.05) is 23.2 Å². The standard InChI is InChI=1S/C20H14ClFN4OS/c21-19-6-12(9-28-19)14-3-1-11(5-15(14)22)18-8-23-20(27)26(18)13-2-4-16-17(7-13)25-10-24-16/h1-7,9-10,18H,8H2,(H,23,27)(H,24,25). The second-order valence-electron chi connectivity index (χ2n) is 6.55. The van der Waals surface area contributed by atoms with Crippen LogP contribution in [0.15, 0.2) is 54.2 Å². The van der Waals surface area contributed by atoms with Crippen molar-refractivity contribution in [2.45, 2.75) is 6.04 Å². The first-order valence-electron chi connectivity index (χ1n) is 8.64. The highest BCUT2D eigenvalue weighted by Gasteiger charge is 2.33. The van der Waals surface area contributed by atoms with Crippen LogP contribution in [0, 0.1) is 5.82 Å². The van der Waals surface area contributed by atoms with Gasteiger partial charge in [-0.2, -0.15) is 0 Å². The van der Waals surface area contributed by atoms with E-state index in [1.165, 1.54) is 17.4 Å². The predicted octanol–water partition coefficient (Wildman–Crippen LogP) is 5.35. The number of anilines is 1. The Hall–Kier alpha value is -2.90. The van der Waals surface area contributed by atoms with Gasteiger partial charge in [-0.1, -0.05) is 23.7 Å². The Bertz CT molecular complexity index is 1200. The van der Waals surface area contributed by atoms with E-state index in [4.69, 9.17) is 11.6 Å². The Morgan fingerprint density at radius 2 is 2.11 bits per heavy atom. The van der Waals surface area contributed by atoms with Gasteiger partial charge in [-0.15, -0.1) is 11.3 Å². The lowest BCUT2D eigenvalue weighted by molar-refractivity contribution is 0.251. The molecule has 5 rings (SSSR count). The molecule has 0 spiro atoms. The van der Waals surface area contributed by atoms with E-state index in [1.54, 1.807) is 23.4 Å². The molecule has 2 aromatic heterocycles. The number of rotatable bonds is 3. The SMILES string of the molecule is O=C1NCC(c2ccc(-c3csc(Cl)c3)c(F)c2)N1c1ccc2[nH]cnc2c1. The smallest absolute Gasteiger partial charge is 0.322 e. The van der Waals surface area contributed by atoms with Crippen molar-refractivity contribution in [2.24, 2.45) is 0 Å². The van der Waals surface area contributed by atoms with E-state index < -0.39 is 0 Å². The van der Waals surface area contributed by atoms with Crippen LogP contribution in [0.1, 0.15) is 11.6 Å². The van der Waals surface area contributed by atoms with Crippen LogP contribution in [-0.2, 0) is 0 Å². The van der Waals surface area contributed by atoms with Crippen molar-refractivity contribution >= 4 is 45.7 Å². The first-order valence-corrected chi connectivity index (χ1v) is 9.90. The van der Waals surface area contributed by atoms with Gasteiger partial charge in [0.2, 0.25) is 0 Å². The quantitative estimate of drug-likeness (QED) is 0.476. The lowest BCUT2D eigenvalue weighted by Gasteiger charge is -2.24. The van der Waals surface area contributed by atoms with Gasteiger partial charge in [0.1, 0.15) is 5.82 Å². The van der Waals surface area contributed by atoms with E-state index in [-0.39, 0.29) is 17.9 Å². The Balaban J connectivity index is 1.52. The molecule has 1 atom stereocenters. The molecule has 0 aliphatic carbocycles. The van der Waals surface area contributed by atoms with Crippen molar-refractivity contribution in [3.63, 3.8) is 0 Å². The third-order valence-corrected chi connectivity index (χ3v) is 6.01. The highest BCUT2D eigenvalue weighted by molar-refractivity contribution is 7.14. The lowest BCUT2D eigenvalue weighted by Crippen LogP contribution is -2.29. The molecule has 0 bridgehead atoms. The molecule has 4 aromatic rings. The number of carbonyl (C=O) groups excluding carboxylic acids is 1. The highest BCUT2D eigenvalue weighted by atomic mass is 35.5. The van der Waals surface area contributed by atoms with Crippen LogP contribution in [0.4, 0.5) is 14.9 Å². The Morgan fingerprint density at radius 1 is 1.21 bits per heavy atom. The number of nitrogens with zero attached hydrogens (tertiary/aromatic N) is 2. The first-order chi connectivity index (χ1) is 13.6. The van der Waals surface area contributed by atoms with Crippen molar-refractivity contribution in [1.29, 1.82) is 0 Å². The maximum absolute atomic E-state index is 14.8. The van der Waals surface area contributed by atoms with Crippen molar-refractivity contribution in [1.82, 2.24) is 15.3 Å². The topological polar surface area (TPSA) is 61.0 Å². The average molecular weight is 413 g/mol. The summed E-state index contributed by atoms with van der Waals surface area (Å²) in [6, 6.07) is 11.9. The zero-order valence-electron chi connectivity index (χ0n) is 14.4. The summed E-state index contributed by atoms with van der Waals surface area (Å²) in [5.41, 5.74) is 4.35. The van der Waals surface area contributed by atoms with E-state index in [0.29, 0.717) is 22.1 Å². The minimum absolute atomic E-state index is 0.214. The third kappa shape index (κ3) is 2.83. The Kier molecular flexibility index (Phi) is 4.07. The molecule has 1 fully saturated rings. The van der Waals surface area contributed by atoms with E-state index >= 15 is 0 Å². The molecule has 1 aliphatic rings. The number of aromatic nitrogens is 2. The van der Waals surface area contributed by atoms with Gasteiger partial charge in [-0.05, 0) is 41.5 Å². The number of imidazole rings is 1. The van der Waals surface area contributed by atoms with Crippen molar-refractivity contribution < 1.29 is 9.18 Å². The molecule has 1 aliphatic heterocycles. The zero-order valence-corrected chi connectivity index (χ0v) is 16.0. The summed E-state index contributed by atoms with van der Waals surface area (Å²) in [5.74, 6) is -0.339. The molecule has 140 valence electrons. The molecule has 1 saturated heterocycles. The highest BCUT2D eigenvalue weighted by Crippen LogP contribution is 2.35. The number of aromatic amines is 1. The summed E-state index contributed by atoms with van der Waals surface area (Å²) in [7, 11) is 0. The molecule has 1 unspecified atom stereocenters. The number of urea groups is 1. The van der Waals surface area contributed by atoms with Crippen LogP contribution in [0.25, 0.3) is 22.2 Å². The average Bonchev–Trinajstić information content (AvgIpc) is 3.40. The van der Waals surface area contributed by atoms with Gasteiger partial charge in [-0.3, -0.25) is 4.90 Å². The summed E-state index contributed by atoms with van der Waals surface area (Å²) in [4.78, 5) is 21.4. The fraction of sp³-hybridized carbons (Fsp3) is 0.100. The summed E-state index contributed by atoms with van der Waals surface area (Å²) in [6.45, 7) is 0.403. The van der Waals surface area contributed by atoms with E-state index in [0.717, 1.165) is 22.2 Å². The number of benzene rings is 2. The normalized spacial score (nSPS) is 16.7. The summed E-state index contributed by atoms with van der Waals surface area (Å²) < 4.78 is 15.4. The molecule has 8 heteroatoms. The minimum Gasteiger partial charge on any atom is -0.345 e. The van der Waals surface area contributed by atoms with Crippen LogP contribution in [-0.4, -0.2) is 22.5 Å². The van der Waals surface area contributed by atoms with Crippen LogP contribution in [0.2, 0.25) is 4.34 Å². The second-order valence-corrected chi connectivity index (χ2v) is 8.10. The fourth-order valence-electron chi connectivity index (χ4n) is 3.56. The van der Waals surface area contributed by atoms with Gasteiger partial charge in [0.25, 0.3) is 0 Å². The van der Waals surface area contributed by atoms with Crippen LogP contribution in [0.3, 0.4) is 0 Å². The Morgan fingerprint density at radius 3 is 2.89 bits per heavy atom. The van der Waals surface area contributed by atoms with Gasteiger partial charge < -0.3 is 10.3 Å². The maximum atomic E-state index is 14.8. The van der Waals surface area contributed by atoms with E-state index in [9.17, 15) is 9.18 Å². The number of nitrogens with one attached hydrogen (secondary N) is 2. The molecule has 0 saturated carbocycles. The molecule has 2 amide bonds. The molecule has 2 aromatic carbocycles. The first kappa shape index (κ1) is 17.2. The van der Waals surface area contributed by atoms with Gasteiger partial charge >= 0.3 is 6.03 Å². The van der Waals surface area contributed by atoms with Crippen LogP contribution >= 0.6 is 22.9 Å². The monoisotopic (exact) mass is 412 g/mol. The van der Waals surface area contributed by atoms with E-state index in [2.05, 4.69) is 15.3 Å². The molecule has 5 nitrogen and oxygen atoms in total. The minimum atomic E-state index is -0.339. The number of H-pyrrole nitrogens is 1. The van der Waals surface area contributed by atoms with Crippen molar-refractivity contribution in [2.75, 3.05) is 11.4 Å². The zero-order chi connectivity index (χ0) is 19.3. The lowest BCUT2D eigenvalue weighted by atomic mass is 10.0. The maximum Gasteiger partial charge on any atom is 0.322 e. The summed E-state index contributed by atoms with van der Waals surface area (Å²) in [5, 5.41) is 4.67. The number of carbonyl (C=O) groups is 1. The largest absolute Gasteiger partial charge is 0.345 e. The molecule has 0 radical (unpaired) electrons. The number of hydrogen-bond acceptors (Lipinski definition) is 3. The van der Waals surface area contributed by atoms with Crippen molar-refractivity contribution in [3.05, 3.63) is 69.9 Å². The van der Waals surface area contributed by atoms with Crippen LogP contribution in [0.5, 0.6) is 0 Å². The Labute approximate surface area is 168 Å². The third-order valence-electron chi connectivity index (χ3n) is 4.92. The molecule has 3 heterocycles. The second kappa shape index (κ2) is 6.61. The van der Waals surface area contributed by atoms with Gasteiger partial charge in [-0.25, -0.2) is 14.2 Å². The number of halogens is 2. The van der Waals surface area contributed by atoms with Crippen molar-refractivity contribution in [3.8, 4) is 11.1 Å². The summed E-state index contributed by atoms with van der Waals surface area (Å²) in [6.07, 6.45) is 1.61. The van der Waals surface area contributed by atoms with Gasteiger partial charge in [0.05, 0.1) is 27.7 Å². The summed E-state index contributed by atoms with van der Waals surface area (Å²) >= 11 is 7.33.